The molecule has 6 rings (SSSR count). The second-order valence-electron chi connectivity index (χ2n) is 9.02. The molecule has 164 valence electrons. The highest BCUT2D eigenvalue weighted by atomic mass is 16.1. The molecule has 0 spiro atoms. The molecule has 1 aliphatic carbocycles. The summed E-state index contributed by atoms with van der Waals surface area (Å²) in [6, 6.07) is 10.6. The maximum Gasteiger partial charge on any atom is 0.276 e. The Kier molecular flexibility index (Phi) is 4.43. The third-order valence-electron chi connectivity index (χ3n) is 6.36. The van der Waals surface area contributed by atoms with E-state index in [4.69, 9.17) is 4.98 Å². The van der Waals surface area contributed by atoms with Crippen LogP contribution < -0.4 is 16.2 Å². The maximum atomic E-state index is 13.3. The van der Waals surface area contributed by atoms with E-state index in [-0.39, 0.29) is 11.6 Å². The zero-order chi connectivity index (χ0) is 21.8. The quantitative estimate of drug-likeness (QED) is 0.506. The number of imidazole rings is 1. The Bertz CT molecular complexity index is 1370. The van der Waals surface area contributed by atoms with Gasteiger partial charge in [0.25, 0.3) is 5.56 Å². The fourth-order valence-electron chi connectivity index (χ4n) is 4.63. The van der Waals surface area contributed by atoms with Gasteiger partial charge in [-0.3, -0.25) is 4.79 Å². The number of fused-ring (bicyclic) bond motifs is 2. The van der Waals surface area contributed by atoms with Crippen LogP contribution in [-0.4, -0.2) is 30.4 Å². The molecule has 0 atom stereocenters. The number of hydrogen-bond acceptors (Lipinski definition) is 5. The van der Waals surface area contributed by atoms with Crippen LogP contribution in [0.2, 0.25) is 0 Å². The van der Waals surface area contributed by atoms with Gasteiger partial charge >= 0.3 is 0 Å². The van der Waals surface area contributed by atoms with Gasteiger partial charge in [-0.25, -0.2) is 14.6 Å². The molecule has 1 aliphatic heterocycles. The molecular formula is C24H27N7O. The van der Waals surface area contributed by atoms with Gasteiger partial charge in [0, 0.05) is 36.7 Å². The topological polar surface area (TPSA) is 81.7 Å². The molecular weight excluding hydrogens is 402 g/mol. The zero-order valence-electron chi connectivity index (χ0n) is 18.4. The summed E-state index contributed by atoms with van der Waals surface area (Å²) in [5.74, 6) is 1.46. The van der Waals surface area contributed by atoms with Gasteiger partial charge < -0.3 is 15.2 Å². The smallest absolute Gasteiger partial charge is 0.276 e. The van der Waals surface area contributed by atoms with Crippen LogP contribution in [0.3, 0.4) is 0 Å². The van der Waals surface area contributed by atoms with Crippen LogP contribution in [0, 0.1) is 0 Å². The number of anilines is 2. The van der Waals surface area contributed by atoms with Crippen molar-refractivity contribution in [3.8, 4) is 5.95 Å². The summed E-state index contributed by atoms with van der Waals surface area (Å²) in [6.45, 7) is 5.95. The summed E-state index contributed by atoms with van der Waals surface area (Å²) >= 11 is 0. The Morgan fingerprint density at radius 3 is 2.84 bits per heavy atom. The number of benzene rings is 1. The van der Waals surface area contributed by atoms with Crippen LogP contribution in [0.5, 0.6) is 0 Å². The molecule has 0 saturated heterocycles. The van der Waals surface area contributed by atoms with Crippen LogP contribution in [0.25, 0.3) is 17.0 Å². The molecule has 8 nitrogen and oxygen atoms in total. The van der Waals surface area contributed by atoms with Crippen molar-refractivity contribution in [2.24, 2.45) is 0 Å². The lowest BCUT2D eigenvalue weighted by Gasteiger charge is -2.18. The molecule has 32 heavy (non-hydrogen) atoms. The molecule has 0 bridgehead atoms. The Morgan fingerprint density at radius 2 is 2.03 bits per heavy atom. The molecule has 4 heterocycles. The highest BCUT2D eigenvalue weighted by Gasteiger charge is 2.29. The van der Waals surface area contributed by atoms with E-state index in [1.807, 2.05) is 36.9 Å². The first-order chi connectivity index (χ1) is 15.6. The Balaban J connectivity index is 1.47. The third-order valence-corrected chi connectivity index (χ3v) is 6.36. The lowest BCUT2D eigenvalue weighted by Crippen LogP contribution is -2.25. The van der Waals surface area contributed by atoms with E-state index in [2.05, 4.69) is 38.4 Å². The number of nitrogens with zero attached hydrogens (tertiary/aromatic N) is 5. The normalized spacial score (nSPS) is 16.0. The molecule has 1 fully saturated rings. The number of aromatic nitrogens is 5. The van der Waals surface area contributed by atoms with Gasteiger partial charge in [0.2, 0.25) is 5.95 Å². The van der Waals surface area contributed by atoms with Crippen molar-refractivity contribution in [3.05, 3.63) is 64.2 Å². The van der Waals surface area contributed by atoms with Gasteiger partial charge in [0.1, 0.15) is 5.82 Å². The lowest BCUT2D eigenvalue weighted by molar-refractivity contribution is 0.458. The molecule has 2 N–H and O–H groups in total. The van der Waals surface area contributed by atoms with Gasteiger partial charge in [-0.05, 0) is 75.0 Å². The number of hydrogen-bond donors (Lipinski definition) is 2. The van der Waals surface area contributed by atoms with E-state index < -0.39 is 0 Å². The van der Waals surface area contributed by atoms with Crippen molar-refractivity contribution in [1.82, 2.24) is 29.2 Å². The van der Waals surface area contributed by atoms with Crippen molar-refractivity contribution in [2.45, 2.75) is 51.7 Å². The summed E-state index contributed by atoms with van der Waals surface area (Å²) in [5, 5.41) is 7.45. The number of pyridine rings is 1. The van der Waals surface area contributed by atoms with E-state index in [9.17, 15) is 4.79 Å². The summed E-state index contributed by atoms with van der Waals surface area (Å²) < 4.78 is 5.82. The maximum absolute atomic E-state index is 13.3. The second kappa shape index (κ2) is 7.34. The van der Waals surface area contributed by atoms with Crippen LogP contribution in [0.1, 0.15) is 49.9 Å². The van der Waals surface area contributed by atoms with Crippen molar-refractivity contribution in [2.75, 3.05) is 11.9 Å². The molecule has 3 aromatic heterocycles. The van der Waals surface area contributed by atoms with Crippen LogP contribution in [-0.2, 0) is 13.0 Å². The van der Waals surface area contributed by atoms with E-state index in [0.717, 1.165) is 44.0 Å². The highest BCUT2D eigenvalue weighted by molar-refractivity contribution is 5.79. The molecule has 0 amide bonds. The Labute approximate surface area is 185 Å². The average Bonchev–Trinajstić information content (AvgIpc) is 3.45. The SMILES string of the molecule is CC(C)n1c(=O)c2ccc(Nc3ccc4c(c3)CCNC4)nc2n1-c1nccn1C1CC1. The first kappa shape index (κ1) is 19.3. The Morgan fingerprint density at radius 1 is 1.16 bits per heavy atom. The van der Waals surface area contributed by atoms with Crippen LogP contribution in [0.4, 0.5) is 11.5 Å². The fraction of sp³-hybridized carbons (Fsp3) is 0.375. The van der Waals surface area contributed by atoms with Crippen LogP contribution >= 0.6 is 0 Å². The van der Waals surface area contributed by atoms with Crippen molar-refractivity contribution >= 4 is 22.5 Å². The van der Waals surface area contributed by atoms with Gasteiger partial charge in [0.05, 0.1) is 5.39 Å². The Hall–Kier alpha value is -3.39. The minimum Gasteiger partial charge on any atom is -0.340 e. The van der Waals surface area contributed by atoms with E-state index in [0.29, 0.717) is 22.9 Å². The lowest BCUT2D eigenvalue weighted by atomic mass is 10.0. The average molecular weight is 430 g/mol. The predicted molar refractivity (Wildman–Crippen MR) is 125 cm³/mol. The first-order valence-electron chi connectivity index (χ1n) is 11.4. The molecule has 2 aliphatic rings. The van der Waals surface area contributed by atoms with E-state index in [1.54, 1.807) is 10.9 Å². The van der Waals surface area contributed by atoms with Gasteiger partial charge in [-0.15, -0.1) is 0 Å². The molecule has 1 aromatic carbocycles. The fourth-order valence-corrected chi connectivity index (χ4v) is 4.63. The van der Waals surface area contributed by atoms with E-state index >= 15 is 0 Å². The van der Waals surface area contributed by atoms with Gasteiger partial charge in [0.15, 0.2) is 5.65 Å². The van der Waals surface area contributed by atoms with Crippen molar-refractivity contribution in [1.29, 1.82) is 0 Å². The number of nitrogens with one attached hydrogen (secondary N) is 2. The zero-order valence-corrected chi connectivity index (χ0v) is 18.4. The molecule has 8 heteroatoms. The van der Waals surface area contributed by atoms with E-state index in [1.165, 1.54) is 11.1 Å². The predicted octanol–water partition coefficient (Wildman–Crippen LogP) is 3.69. The highest BCUT2D eigenvalue weighted by Crippen LogP contribution is 2.37. The molecule has 4 aromatic rings. The third kappa shape index (κ3) is 3.14. The largest absolute Gasteiger partial charge is 0.340 e. The summed E-state index contributed by atoms with van der Waals surface area (Å²) in [4.78, 5) is 22.8. The minimum atomic E-state index is -0.0410. The second-order valence-corrected chi connectivity index (χ2v) is 9.02. The standard InChI is InChI=1S/C24H27N7O/c1-15(2)30-23(32)20-7-8-21(27-18-4-3-17-14-25-10-9-16(17)13-18)28-22(20)31(30)24-26-11-12-29(24)19-5-6-19/h3-4,7-8,11-13,15,19,25H,5-6,9-10,14H2,1-2H3,(H,27,28). The summed E-state index contributed by atoms with van der Waals surface area (Å²) in [7, 11) is 0. The van der Waals surface area contributed by atoms with Gasteiger partial charge in [-0.2, -0.15) is 4.68 Å². The molecule has 1 saturated carbocycles. The van der Waals surface area contributed by atoms with Gasteiger partial charge in [-0.1, -0.05) is 6.07 Å². The van der Waals surface area contributed by atoms with Crippen molar-refractivity contribution in [3.63, 3.8) is 0 Å². The molecule has 0 unspecified atom stereocenters. The minimum absolute atomic E-state index is 0.0216. The summed E-state index contributed by atoms with van der Waals surface area (Å²) in [6.07, 6.45) is 7.11. The first-order valence-corrected chi connectivity index (χ1v) is 11.4. The van der Waals surface area contributed by atoms with Crippen LogP contribution in [0.15, 0.2) is 47.5 Å². The number of rotatable bonds is 5. The monoisotopic (exact) mass is 429 g/mol. The summed E-state index contributed by atoms with van der Waals surface area (Å²) in [5.41, 5.74) is 4.31. The van der Waals surface area contributed by atoms with Crippen molar-refractivity contribution < 1.29 is 0 Å². The molecule has 0 radical (unpaired) electrons.